The lowest BCUT2D eigenvalue weighted by Gasteiger charge is -2.40. The van der Waals surface area contributed by atoms with E-state index in [2.05, 4.69) is 471 Å². The Morgan fingerprint density at radius 1 is 0.157 bits per heavy atom. The predicted molar refractivity (Wildman–Crippen MR) is 557 cm³/mol. The summed E-state index contributed by atoms with van der Waals surface area (Å²) >= 11 is 7.61. The Kier molecular flexibility index (Phi) is 15.9. The van der Waals surface area contributed by atoms with Crippen molar-refractivity contribution in [2.45, 2.75) is 60.8 Å². The van der Waals surface area contributed by atoms with Crippen LogP contribution in [0, 0.1) is 0 Å². The van der Waals surface area contributed by atoms with Crippen LogP contribution in [-0.4, -0.2) is 0 Å². The van der Waals surface area contributed by atoms with Crippen LogP contribution in [0.25, 0.3) is 98.7 Å². The minimum Gasteiger partial charge on any atom is -0.310 e. The Balaban J connectivity index is 0.602. The van der Waals surface area contributed by atoms with E-state index in [0.29, 0.717) is 0 Å². The fraction of sp³-hybridized carbons (Fsp3) is 0.0312. The average Bonchev–Trinajstić information content (AvgIpc) is 1.51. The third-order valence-corrected chi connectivity index (χ3v) is 35.5. The Bertz CT molecular complexity index is 8820. The molecular weight excluding hydrogens is 1690 g/mol. The van der Waals surface area contributed by atoms with Crippen molar-refractivity contribution >= 4 is 124 Å². The zero-order valence-electron chi connectivity index (χ0n) is 72.4. The molecule has 30 rings (SSSR count). The van der Waals surface area contributed by atoms with E-state index in [1.54, 1.807) is 0 Å². The van der Waals surface area contributed by atoms with Gasteiger partial charge in [0.05, 0.1) is 38.7 Å². The molecule has 1 atom stereocenters. The van der Waals surface area contributed by atoms with Crippen LogP contribution in [0.5, 0.6) is 0 Å². The summed E-state index contributed by atoms with van der Waals surface area (Å²) in [5.41, 5.74) is 37.7. The highest BCUT2D eigenvalue weighted by molar-refractivity contribution is 8.00. The van der Waals surface area contributed by atoms with Gasteiger partial charge in [-0.05, 0) is 274 Å². The highest BCUT2D eigenvalue weighted by Crippen LogP contribution is 2.71. The maximum absolute atomic E-state index is 2.62. The minimum atomic E-state index is -0.718. The van der Waals surface area contributed by atoms with Crippen molar-refractivity contribution in [2.24, 2.45) is 0 Å². The van der Waals surface area contributed by atoms with Gasteiger partial charge in [0.25, 0.3) is 0 Å². The van der Waals surface area contributed by atoms with E-state index in [9.17, 15) is 0 Å². The van der Waals surface area contributed by atoms with Crippen molar-refractivity contribution in [1.29, 1.82) is 0 Å². The molecule has 0 bridgehead atoms. The fourth-order valence-corrected chi connectivity index (χ4v) is 30.8. The van der Waals surface area contributed by atoms with Gasteiger partial charge < -0.3 is 9.80 Å². The van der Waals surface area contributed by atoms with Crippen molar-refractivity contribution < 1.29 is 0 Å². The molecule has 6 heteroatoms. The summed E-state index contributed by atoms with van der Waals surface area (Å²) in [6.45, 7) is 0. The molecule has 22 aromatic rings. The predicted octanol–water partition coefficient (Wildman–Crippen LogP) is 34.2. The lowest BCUT2D eigenvalue weighted by atomic mass is 9.67. The third-order valence-electron chi connectivity index (χ3n) is 30.9. The molecule has 4 spiro atoms. The molecule has 4 aliphatic carbocycles. The van der Waals surface area contributed by atoms with Gasteiger partial charge in [-0.25, -0.2) is 0 Å². The molecule has 0 amide bonds. The van der Waals surface area contributed by atoms with E-state index in [4.69, 9.17) is 0 Å². The fourth-order valence-electron chi connectivity index (χ4n) is 25.9. The van der Waals surface area contributed by atoms with Crippen LogP contribution in [0.3, 0.4) is 0 Å². The standard InChI is InChI=1S/C128H76N2S4/c1-2-33-82-77(31-1)32-27-55-112(82)130(81-68-72-101-95(76-81)89-37-6-10-42-97(89)126(101)104-47-15-22-60-117(104)132-118-61-23-16-48-105(118)126)114-57-30-53-110-123(114)91-39-8-12-44-99(91)128(110)108-51-19-26-64-121(108)134-124-83(40-28-54-111(124)128)78-65-69-86-87-70-66-79(74-93(87)85-35-4-3-34-84(85)92(86)73-78)129(80-67-71-100-94(75-80)88-36-5-9-41-96(88)125(100)102-45-13-20-58-115(102)131-116-59-21-14-46-103(116)125)113-56-29-52-109-122(113)90-38-7-11-43-98(90)127(109)106-49-17-24-62-119(106)133-120-63-25-18-50-107(120)127/h1-76H. The summed E-state index contributed by atoms with van der Waals surface area (Å²) in [4.78, 5) is 15.5. The first-order valence-corrected chi connectivity index (χ1v) is 49.7. The first-order chi connectivity index (χ1) is 66.5. The monoisotopic (exact) mass is 1770 g/mol. The van der Waals surface area contributed by atoms with Crippen LogP contribution in [0.4, 0.5) is 34.1 Å². The second-order valence-electron chi connectivity index (χ2n) is 36.8. The third kappa shape index (κ3) is 9.82. The van der Waals surface area contributed by atoms with Crippen LogP contribution in [0.15, 0.2) is 500 Å². The molecule has 1 unspecified atom stereocenters. The van der Waals surface area contributed by atoms with Crippen LogP contribution in [0.1, 0.15) is 89.0 Å². The summed E-state index contributed by atoms with van der Waals surface area (Å²) < 4.78 is 0. The minimum absolute atomic E-state index is 0.514. The molecule has 0 aromatic heterocycles. The van der Waals surface area contributed by atoms with E-state index < -0.39 is 21.7 Å². The van der Waals surface area contributed by atoms with Gasteiger partial charge in [0, 0.05) is 72.7 Å². The molecular formula is C128H76N2S4. The lowest BCUT2D eigenvalue weighted by Crippen LogP contribution is -2.32. The van der Waals surface area contributed by atoms with Gasteiger partial charge in [-0.3, -0.25) is 0 Å². The van der Waals surface area contributed by atoms with Gasteiger partial charge in [-0.1, -0.05) is 405 Å². The van der Waals surface area contributed by atoms with Gasteiger partial charge in [-0.15, -0.1) is 0 Å². The number of hydrogen-bond donors (Lipinski definition) is 0. The molecule has 0 saturated heterocycles. The van der Waals surface area contributed by atoms with E-state index in [0.717, 1.165) is 34.1 Å². The largest absolute Gasteiger partial charge is 0.310 e. The van der Waals surface area contributed by atoms with Crippen molar-refractivity contribution in [3.8, 4) is 55.6 Å². The first kappa shape index (κ1) is 75.5. The zero-order valence-corrected chi connectivity index (χ0v) is 75.7. The van der Waals surface area contributed by atoms with E-state index in [-0.39, 0.29) is 0 Å². The SMILES string of the molecule is c1ccc2c(c1)Sc1ccccc1C21c2ccccc2-c2cc(N(c3ccc4c5ccc(-c6cccc7c6Sc6ccccc6C76c7ccccc7-c7c(N(c8ccc9c(c8)-c8ccccc8C98c9ccccc9Sc9ccccc98)c8cccc9ccccc89)cccc76)cc5c5ccccc5c4c3)c3cccc4c3-c3ccccc3C43c4ccccc4Sc4ccccc43)ccc21. The van der Waals surface area contributed by atoms with Crippen molar-refractivity contribution in [1.82, 2.24) is 0 Å². The Morgan fingerprint density at radius 2 is 0.448 bits per heavy atom. The summed E-state index contributed by atoms with van der Waals surface area (Å²) in [6.07, 6.45) is 0. The number of hydrogen-bond acceptors (Lipinski definition) is 6. The van der Waals surface area contributed by atoms with Gasteiger partial charge >= 0.3 is 0 Å². The quantitative estimate of drug-likeness (QED) is 0.146. The van der Waals surface area contributed by atoms with Crippen molar-refractivity contribution in [3.63, 3.8) is 0 Å². The van der Waals surface area contributed by atoms with E-state index >= 15 is 0 Å². The molecule has 4 aliphatic heterocycles. The normalized spacial score (nSPS) is 15.6. The highest BCUT2D eigenvalue weighted by atomic mass is 32.2. The van der Waals surface area contributed by atoms with Gasteiger partial charge in [0.2, 0.25) is 0 Å². The molecule has 0 fully saturated rings. The van der Waals surface area contributed by atoms with Gasteiger partial charge in [0.15, 0.2) is 0 Å². The molecule has 0 saturated carbocycles. The number of anilines is 6. The van der Waals surface area contributed by atoms with Crippen molar-refractivity contribution in [3.05, 3.63) is 550 Å². The number of benzene rings is 22. The maximum Gasteiger partial charge on any atom is 0.0736 e. The summed E-state index contributed by atoms with van der Waals surface area (Å²) in [6, 6.07) is 178. The van der Waals surface area contributed by atoms with Crippen LogP contribution in [0.2, 0.25) is 0 Å². The smallest absolute Gasteiger partial charge is 0.0736 e. The molecule has 0 radical (unpaired) electrons. The second-order valence-corrected chi connectivity index (χ2v) is 41.1. The van der Waals surface area contributed by atoms with Crippen LogP contribution < -0.4 is 9.80 Å². The molecule has 4 heterocycles. The Labute approximate surface area is 794 Å². The Hall–Kier alpha value is -15.1. The number of rotatable bonds is 7. The molecule has 0 N–H and O–H groups in total. The second kappa shape index (κ2) is 28.2. The highest BCUT2D eigenvalue weighted by Gasteiger charge is 2.57. The lowest BCUT2D eigenvalue weighted by molar-refractivity contribution is 0.722. The summed E-state index contributed by atoms with van der Waals surface area (Å²) in [7, 11) is 0. The number of fused-ring (bicyclic) bond motifs is 43. The number of nitrogens with zero attached hydrogens (tertiary/aromatic N) is 2. The zero-order chi connectivity index (χ0) is 87.4. The topological polar surface area (TPSA) is 6.48 Å². The van der Waals surface area contributed by atoms with Crippen molar-refractivity contribution in [2.75, 3.05) is 9.80 Å². The summed E-state index contributed by atoms with van der Waals surface area (Å²) in [5, 5.41) is 9.65. The molecule has 22 aromatic carbocycles. The van der Waals surface area contributed by atoms with Crippen LogP contribution >= 0.6 is 47.0 Å². The van der Waals surface area contributed by atoms with Gasteiger partial charge in [0.1, 0.15) is 0 Å². The molecule has 8 aliphatic rings. The average molecular weight is 1770 g/mol. The van der Waals surface area contributed by atoms with E-state index in [1.165, 1.54) is 227 Å². The Morgan fingerprint density at radius 3 is 0.933 bits per heavy atom. The molecule has 622 valence electrons. The van der Waals surface area contributed by atoms with Gasteiger partial charge in [-0.2, -0.15) is 0 Å². The maximum atomic E-state index is 2.62. The molecule has 134 heavy (non-hydrogen) atoms. The first-order valence-electron chi connectivity index (χ1n) is 46.4. The summed E-state index contributed by atoms with van der Waals surface area (Å²) in [5.74, 6) is 0. The molecule has 2 nitrogen and oxygen atoms in total. The van der Waals surface area contributed by atoms with Crippen LogP contribution in [-0.2, 0) is 21.7 Å². The van der Waals surface area contributed by atoms with E-state index in [1.807, 2.05) is 47.0 Å².